The van der Waals surface area contributed by atoms with E-state index in [9.17, 15) is 19.5 Å². The number of aromatic nitrogens is 1. The Labute approximate surface area is 199 Å². The maximum Gasteiger partial charge on any atom is 0.326 e. The van der Waals surface area contributed by atoms with Crippen molar-refractivity contribution in [2.75, 3.05) is 6.54 Å². The third-order valence-electron chi connectivity index (χ3n) is 5.27. The third kappa shape index (κ3) is 5.32. The Morgan fingerprint density at radius 3 is 2.64 bits per heavy atom. The fourth-order valence-electron chi connectivity index (χ4n) is 3.59. The lowest BCUT2D eigenvalue weighted by atomic mass is 10.0. The van der Waals surface area contributed by atoms with Gasteiger partial charge < -0.3 is 15.4 Å². The number of fused-ring (bicyclic) bond motifs is 1. The number of nitrogens with zero attached hydrogens (tertiary/aromatic N) is 1. The van der Waals surface area contributed by atoms with E-state index in [1.165, 1.54) is 16.7 Å². The Morgan fingerprint density at radius 1 is 1.15 bits per heavy atom. The topological polar surface area (TPSA) is 103 Å². The summed E-state index contributed by atoms with van der Waals surface area (Å²) in [6.07, 6.45) is 3.61. The van der Waals surface area contributed by atoms with Gasteiger partial charge in [0.2, 0.25) is 5.91 Å². The maximum atomic E-state index is 12.7. The normalized spacial score (nSPS) is 15.9. The quantitative estimate of drug-likeness (QED) is 0.337. The van der Waals surface area contributed by atoms with E-state index in [2.05, 4.69) is 10.3 Å². The summed E-state index contributed by atoms with van der Waals surface area (Å²) in [5.74, 6) is -1.83. The smallest absolute Gasteiger partial charge is 0.326 e. The van der Waals surface area contributed by atoms with Gasteiger partial charge in [0, 0.05) is 36.5 Å². The average Bonchev–Trinajstić information content (AvgIpc) is 3.33. The van der Waals surface area contributed by atoms with Crippen LogP contribution in [0.25, 0.3) is 17.0 Å². The molecule has 168 valence electrons. The van der Waals surface area contributed by atoms with Crippen molar-refractivity contribution < 1.29 is 19.5 Å². The first-order valence-corrected chi connectivity index (χ1v) is 11.5. The fraction of sp³-hybridized carbons (Fsp3) is 0.167. The highest BCUT2D eigenvalue weighted by Gasteiger charge is 2.32. The summed E-state index contributed by atoms with van der Waals surface area (Å²) in [5, 5.41) is 13.1. The highest BCUT2D eigenvalue weighted by Crippen LogP contribution is 2.32. The minimum absolute atomic E-state index is 0.0529. The minimum atomic E-state index is -1.12. The van der Waals surface area contributed by atoms with E-state index in [4.69, 9.17) is 12.2 Å². The molecule has 0 saturated carbocycles. The number of benzene rings is 2. The molecule has 1 aromatic heterocycles. The van der Waals surface area contributed by atoms with E-state index in [1.54, 1.807) is 12.3 Å². The molecule has 0 aliphatic carbocycles. The molecule has 2 amide bonds. The second-order valence-electron chi connectivity index (χ2n) is 7.52. The van der Waals surface area contributed by atoms with Crippen LogP contribution >= 0.6 is 24.0 Å². The number of carboxylic acids is 1. The molecule has 2 aromatic carbocycles. The molecule has 3 N–H and O–H groups in total. The van der Waals surface area contributed by atoms with Gasteiger partial charge in [0.05, 0.1) is 4.91 Å². The van der Waals surface area contributed by atoms with E-state index in [1.807, 2.05) is 54.6 Å². The fourth-order valence-corrected chi connectivity index (χ4v) is 4.90. The van der Waals surface area contributed by atoms with Gasteiger partial charge in [-0.1, -0.05) is 72.5 Å². The number of aromatic amines is 1. The number of aliphatic carboxylic acids is 1. The summed E-state index contributed by atoms with van der Waals surface area (Å²) in [5.41, 5.74) is 2.60. The molecule has 2 heterocycles. The van der Waals surface area contributed by atoms with E-state index in [0.717, 1.165) is 22.0 Å². The zero-order chi connectivity index (χ0) is 23.4. The number of hydrogen-bond donors (Lipinski definition) is 3. The lowest BCUT2D eigenvalue weighted by Gasteiger charge is -2.17. The Morgan fingerprint density at radius 2 is 1.88 bits per heavy atom. The van der Waals surface area contributed by atoms with Crippen molar-refractivity contribution in [3.8, 4) is 0 Å². The van der Waals surface area contributed by atoms with Gasteiger partial charge in [0.15, 0.2) is 0 Å². The first-order chi connectivity index (χ1) is 15.9. The predicted octanol–water partition coefficient (Wildman–Crippen LogP) is 3.57. The number of amides is 2. The zero-order valence-corrected chi connectivity index (χ0v) is 19.1. The van der Waals surface area contributed by atoms with Crippen LogP contribution in [-0.4, -0.2) is 49.7 Å². The van der Waals surface area contributed by atoms with E-state index in [0.29, 0.717) is 9.23 Å². The summed E-state index contributed by atoms with van der Waals surface area (Å²) >= 11 is 6.50. The molecular formula is C24H21N3O4S2. The second-order valence-corrected chi connectivity index (χ2v) is 9.19. The average molecular weight is 480 g/mol. The Kier molecular flexibility index (Phi) is 6.90. The number of H-pyrrole nitrogens is 1. The van der Waals surface area contributed by atoms with Gasteiger partial charge >= 0.3 is 5.97 Å². The summed E-state index contributed by atoms with van der Waals surface area (Å²) in [4.78, 5) is 42.0. The number of thiocarbonyl (C=S) groups is 1. The van der Waals surface area contributed by atoms with Gasteiger partial charge in [-0.05, 0) is 23.3 Å². The number of thioether (sulfide) groups is 1. The van der Waals surface area contributed by atoms with Crippen LogP contribution in [0.4, 0.5) is 0 Å². The molecular weight excluding hydrogens is 458 g/mol. The van der Waals surface area contributed by atoms with Crippen LogP contribution in [0.5, 0.6) is 0 Å². The third-order valence-corrected chi connectivity index (χ3v) is 6.64. The maximum absolute atomic E-state index is 12.7. The van der Waals surface area contributed by atoms with Crippen LogP contribution in [0.2, 0.25) is 0 Å². The molecule has 3 aromatic rings. The van der Waals surface area contributed by atoms with Gasteiger partial charge in [-0.3, -0.25) is 14.5 Å². The number of nitrogens with one attached hydrogen (secondary N) is 2. The summed E-state index contributed by atoms with van der Waals surface area (Å²) < 4.78 is 0.378. The monoisotopic (exact) mass is 479 g/mol. The van der Waals surface area contributed by atoms with Crippen molar-refractivity contribution >= 4 is 63.1 Å². The molecule has 4 rings (SSSR count). The van der Waals surface area contributed by atoms with Crippen molar-refractivity contribution in [1.82, 2.24) is 15.2 Å². The molecule has 1 saturated heterocycles. The van der Waals surface area contributed by atoms with Crippen molar-refractivity contribution in [3.63, 3.8) is 0 Å². The number of carboxylic acid groups (broad SMARTS) is 1. The van der Waals surface area contributed by atoms with Crippen LogP contribution in [-0.2, 0) is 20.8 Å². The van der Waals surface area contributed by atoms with Crippen molar-refractivity contribution in [2.24, 2.45) is 0 Å². The standard InChI is InChI=1S/C24H21N3O4S2/c28-21(26-19(23(30)31)13-16-14-25-18-9-5-4-8-17(16)18)10-11-27-22(29)20(33-24(27)32)12-15-6-2-1-3-7-15/h1-9,12,14,19,25H,10-11,13H2,(H,26,28)(H,30,31)/b20-12-/t19-/m0/s1. The van der Waals surface area contributed by atoms with Crippen molar-refractivity contribution in [3.05, 3.63) is 76.8 Å². The van der Waals surface area contributed by atoms with Crippen molar-refractivity contribution in [2.45, 2.75) is 18.9 Å². The molecule has 1 atom stereocenters. The SMILES string of the molecule is O=C(CCN1C(=O)/C(=C/c2ccccc2)SC1=S)N[C@@H](Cc1c[nH]c2ccccc12)C(=O)O. The van der Waals surface area contributed by atoms with Gasteiger partial charge in [-0.15, -0.1) is 0 Å². The van der Waals surface area contributed by atoms with Crippen LogP contribution in [0.15, 0.2) is 65.7 Å². The van der Waals surface area contributed by atoms with Crippen LogP contribution < -0.4 is 5.32 Å². The van der Waals surface area contributed by atoms with Gasteiger partial charge in [0.25, 0.3) is 5.91 Å². The first kappa shape index (κ1) is 22.8. The summed E-state index contributed by atoms with van der Waals surface area (Å²) in [6.45, 7) is 0.0854. The number of rotatable bonds is 8. The largest absolute Gasteiger partial charge is 0.480 e. The highest BCUT2D eigenvalue weighted by molar-refractivity contribution is 8.26. The molecule has 0 bridgehead atoms. The molecule has 1 fully saturated rings. The lowest BCUT2D eigenvalue weighted by Crippen LogP contribution is -2.43. The Hall–Kier alpha value is -3.43. The molecule has 7 nitrogen and oxygen atoms in total. The van der Waals surface area contributed by atoms with E-state index >= 15 is 0 Å². The van der Waals surface area contributed by atoms with Gasteiger partial charge in [-0.2, -0.15) is 0 Å². The van der Waals surface area contributed by atoms with Crippen LogP contribution in [0, 0.1) is 0 Å². The number of para-hydroxylation sites is 1. The van der Waals surface area contributed by atoms with E-state index < -0.39 is 17.9 Å². The van der Waals surface area contributed by atoms with Gasteiger partial charge in [0.1, 0.15) is 10.4 Å². The summed E-state index contributed by atoms with van der Waals surface area (Å²) in [6, 6.07) is 15.9. The zero-order valence-electron chi connectivity index (χ0n) is 17.5. The number of hydrogen-bond acceptors (Lipinski definition) is 5. The number of carbonyl (C=O) groups excluding carboxylic acids is 2. The second kappa shape index (κ2) is 10.0. The van der Waals surface area contributed by atoms with Gasteiger partial charge in [-0.25, -0.2) is 4.79 Å². The minimum Gasteiger partial charge on any atom is -0.480 e. The first-order valence-electron chi connectivity index (χ1n) is 10.3. The predicted molar refractivity (Wildman–Crippen MR) is 133 cm³/mol. The lowest BCUT2D eigenvalue weighted by molar-refractivity contribution is -0.141. The molecule has 33 heavy (non-hydrogen) atoms. The Bertz CT molecular complexity index is 1250. The van der Waals surface area contributed by atoms with Crippen LogP contribution in [0.3, 0.4) is 0 Å². The Balaban J connectivity index is 1.36. The number of carbonyl (C=O) groups is 3. The van der Waals surface area contributed by atoms with E-state index in [-0.39, 0.29) is 25.3 Å². The molecule has 9 heteroatoms. The molecule has 1 aliphatic rings. The molecule has 0 unspecified atom stereocenters. The highest BCUT2D eigenvalue weighted by atomic mass is 32.2. The molecule has 1 aliphatic heterocycles. The van der Waals surface area contributed by atoms with Crippen molar-refractivity contribution in [1.29, 1.82) is 0 Å². The molecule has 0 radical (unpaired) electrons. The molecule has 0 spiro atoms. The van der Waals surface area contributed by atoms with Crippen LogP contribution in [0.1, 0.15) is 17.5 Å². The summed E-state index contributed by atoms with van der Waals surface area (Å²) in [7, 11) is 0.